The minimum atomic E-state index is -0.181. The molecule has 0 aliphatic heterocycles. The van der Waals surface area contributed by atoms with Gasteiger partial charge in [-0.3, -0.25) is 4.79 Å². The van der Waals surface area contributed by atoms with E-state index in [-0.39, 0.29) is 10.6 Å². The standard InChI is InChI=1S/C10H10BrIOS/c1-6(13)9(11)7-4-3-5-8(12)10(7)14-2/h3-5,9H,1-2H3. The number of alkyl halides is 1. The summed E-state index contributed by atoms with van der Waals surface area (Å²) < 4.78 is 1.19. The van der Waals surface area contributed by atoms with Gasteiger partial charge in [0.15, 0.2) is 0 Å². The number of thioether (sulfide) groups is 1. The minimum Gasteiger partial charge on any atom is -0.298 e. The third-order valence-corrected chi connectivity index (χ3v) is 5.10. The molecular formula is C10H10BrIOS. The lowest BCUT2D eigenvalue weighted by Crippen LogP contribution is -2.03. The van der Waals surface area contributed by atoms with E-state index in [1.165, 1.54) is 8.47 Å². The van der Waals surface area contributed by atoms with Crippen LogP contribution in [0, 0.1) is 3.57 Å². The lowest BCUT2D eigenvalue weighted by atomic mass is 10.1. The van der Waals surface area contributed by atoms with Crippen LogP contribution in [-0.2, 0) is 4.79 Å². The Labute approximate surface area is 110 Å². The van der Waals surface area contributed by atoms with E-state index in [1.807, 2.05) is 18.4 Å². The van der Waals surface area contributed by atoms with Crippen molar-refractivity contribution in [3.05, 3.63) is 27.3 Å². The van der Waals surface area contributed by atoms with Gasteiger partial charge in [0.2, 0.25) is 0 Å². The molecule has 0 heterocycles. The van der Waals surface area contributed by atoms with Crippen LogP contribution in [-0.4, -0.2) is 12.0 Å². The lowest BCUT2D eigenvalue weighted by molar-refractivity contribution is -0.116. The molecule has 0 radical (unpaired) electrons. The maximum absolute atomic E-state index is 11.3. The van der Waals surface area contributed by atoms with Crippen molar-refractivity contribution in [2.45, 2.75) is 16.6 Å². The van der Waals surface area contributed by atoms with Crippen LogP contribution >= 0.6 is 50.3 Å². The van der Waals surface area contributed by atoms with E-state index in [9.17, 15) is 4.79 Å². The summed E-state index contributed by atoms with van der Waals surface area (Å²) >= 11 is 7.38. The number of hydrogen-bond acceptors (Lipinski definition) is 2. The van der Waals surface area contributed by atoms with Gasteiger partial charge in [0, 0.05) is 8.47 Å². The molecule has 1 rings (SSSR count). The largest absolute Gasteiger partial charge is 0.298 e. The summed E-state index contributed by atoms with van der Waals surface area (Å²) in [5, 5.41) is 0. The van der Waals surface area contributed by atoms with E-state index in [0.29, 0.717) is 0 Å². The van der Waals surface area contributed by atoms with E-state index in [0.717, 1.165) is 5.56 Å². The van der Waals surface area contributed by atoms with Gasteiger partial charge in [0.1, 0.15) is 5.78 Å². The Balaban J connectivity index is 3.20. The Bertz CT molecular complexity index is 354. The van der Waals surface area contributed by atoms with Crippen LogP contribution < -0.4 is 0 Å². The predicted octanol–water partition coefficient (Wildman–Crippen LogP) is 4.04. The lowest BCUT2D eigenvalue weighted by Gasteiger charge is -2.12. The van der Waals surface area contributed by atoms with Gasteiger partial charge in [-0.05, 0) is 47.4 Å². The molecule has 0 aliphatic rings. The maximum atomic E-state index is 11.3. The summed E-state index contributed by atoms with van der Waals surface area (Å²) in [5.74, 6) is 0.141. The van der Waals surface area contributed by atoms with Gasteiger partial charge in [-0.25, -0.2) is 0 Å². The molecule has 1 nitrogen and oxygen atoms in total. The van der Waals surface area contributed by atoms with Crippen LogP contribution in [0.15, 0.2) is 23.1 Å². The molecule has 76 valence electrons. The van der Waals surface area contributed by atoms with Crippen LogP contribution in [0.25, 0.3) is 0 Å². The van der Waals surface area contributed by atoms with E-state index >= 15 is 0 Å². The molecule has 1 aromatic carbocycles. The topological polar surface area (TPSA) is 17.1 Å². The van der Waals surface area contributed by atoms with Crippen LogP contribution in [0.5, 0.6) is 0 Å². The molecule has 1 aromatic rings. The molecule has 4 heteroatoms. The second kappa shape index (κ2) is 5.51. The van der Waals surface area contributed by atoms with Gasteiger partial charge in [0.05, 0.1) is 4.83 Å². The Hall–Kier alpha value is 0.450. The van der Waals surface area contributed by atoms with E-state index in [2.05, 4.69) is 44.6 Å². The first kappa shape index (κ1) is 12.5. The molecule has 0 bridgehead atoms. The van der Waals surface area contributed by atoms with Gasteiger partial charge < -0.3 is 0 Å². The van der Waals surface area contributed by atoms with Crippen molar-refractivity contribution < 1.29 is 4.79 Å². The summed E-state index contributed by atoms with van der Waals surface area (Å²) in [4.78, 5) is 12.3. The average Bonchev–Trinajstić information content (AvgIpc) is 2.16. The Morgan fingerprint density at radius 1 is 1.57 bits per heavy atom. The highest BCUT2D eigenvalue weighted by Crippen LogP contribution is 2.34. The zero-order chi connectivity index (χ0) is 10.7. The van der Waals surface area contributed by atoms with E-state index in [1.54, 1.807) is 18.7 Å². The van der Waals surface area contributed by atoms with Crippen molar-refractivity contribution in [2.24, 2.45) is 0 Å². The molecule has 0 aliphatic carbocycles. The van der Waals surface area contributed by atoms with Gasteiger partial charge in [-0.1, -0.05) is 28.1 Å². The van der Waals surface area contributed by atoms with Gasteiger partial charge in [-0.15, -0.1) is 11.8 Å². The van der Waals surface area contributed by atoms with Crippen molar-refractivity contribution >= 4 is 56.1 Å². The summed E-state index contributed by atoms with van der Waals surface area (Å²) in [6, 6.07) is 6.03. The first-order valence-corrected chi connectivity index (χ1v) is 7.26. The number of carbonyl (C=O) groups is 1. The third kappa shape index (κ3) is 2.73. The first-order chi connectivity index (χ1) is 6.57. The van der Waals surface area contributed by atoms with Crippen molar-refractivity contribution in [3.8, 4) is 0 Å². The quantitative estimate of drug-likeness (QED) is 0.444. The van der Waals surface area contributed by atoms with Crippen molar-refractivity contribution in [1.82, 2.24) is 0 Å². The number of Topliss-reactive ketones (excluding diaryl/α,β-unsaturated/α-hetero) is 1. The zero-order valence-electron chi connectivity index (χ0n) is 7.88. The second-order valence-electron chi connectivity index (χ2n) is 2.84. The molecule has 0 amide bonds. The van der Waals surface area contributed by atoms with Crippen LogP contribution in [0.2, 0.25) is 0 Å². The number of rotatable bonds is 3. The Morgan fingerprint density at radius 3 is 2.71 bits per heavy atom. The maximum Gasteiger partial charge on any atom is 0.147 e. The van der Waals surface area contributed by atoms with Crippen LogP contribution in [0.3, 0.4) is 0 Å². The Kier molecular flexibility index (Phi) is 4.93. The summed E-state index contributed by atoms with van der Waals surface area (Å²) in [6.07, 6.45) is 2.03. The SMILES string of the molecule is CSc1c(I)cccc1C(Br)C(C)=O. The van der Waals surface area contributed by atoms with Crippen LogP contribution in [0.4, 0.5) is 0 Å². The van der Waals surface area contributed by atoms with Crippen LogP contribution in [0.1, 0.15) is 17.3 Å². The normalized spacial score (nSPS) is 12.6. The highest BCUT2D eigenvalue weighted by atomic mass is 127. The number of halogens is 2. The van der Waals surface area contributed by atoms with E-state index < -0.39 is 0 Å². The molecule has 0 saturated heterocycles. The smallest absolute Gasteiger partial charge is 0.147 e. The summed E-state index contributed by atoms with van der Waals surface area (Å²) in [7, 11) is 0. The fourth-order valence-electron chi connectivity index (χ4n) is 1.16. The number of benzene rings is 1. The fourth-order valence-corrected chi connectivity index (χ4v) is 3.56. The molecule has 0 saturated carbocycles. The van der Waals surface area contributed by atoms with E-state index in [4.69, 9.17) is 0 Å². The first-order valence-electron chi connectivity index (χ1n) is 4.05. The molecule has 1 unspecified atom stereocenters. The Morgan fingerprint density at radius 2 is 2.21 bits per heavy atom. The van der Waals surface area contributed by atoms with Gasteiger partial charge in [-0.2, -0.15) is 0 Å². The fraction of sp³-hybridized carbons (Fsp3) is 0.300. The monoisotopic (exact) mass is 384 g/mol. The van der Waals surface area contributed by atoms with Gasteiger partial charge >= 0.3 is 0 Å². The number of ketones is 1. The molecule has 0 aromatic heterocycles. The van der Waals surface area contributed by atoms with Crippen molar-refractivity contribution in [1.29, 1.82) is 0 Å². The number of carbonyl (C=O) groups excluding carboxylic acids is 1. The molecule has 1 atom stereocenters. The van der Waals surface area contributed by atoms with Crippen molar-refractivity contribution in [2.75, 3.05) is 6.26 Å². The van der Waals surface area contributed by atoms with Crippen molar-refractivity contribution in [3.63, 3.8) is 0 Å². The second-order valence-corrected chi connectivity index (χ2v) is 5.73. The zero-order valence-corrected chi connectivity index (χ0v) is 12.4. The molecular weight excluding hydrogens is 375 g/mol. The molecule has 0 spiro atoms. The average molecular weight is 385 g/mol. The summed E-state index contributed by atoms with van der Waals surface area (Å²) in [6.45, 7) is 1.60. The van der Waals surface area contributed by atoms with Gasteiger partial charge in [0.25, 0.3) is 0 Å². The molecule has 0 fully saturated rings. The highest BCUT2D eigenvalue weighted by molar-refractivity contribution is 14.1. The predicted molar refractivity (Wildman–Crippen MR) is 73.3 cm³/mol. The molecule has 0 N–H and O–H groups in total. The molecule has 14 heavy (non-hydrogen) atoms. The minimum absolute atomic E-state index is 0.141. The summed E-state index contributed by atoms with van der Waals surface area (Å²) in [5.41, 5.74) is 1.07. The highest BCUT2D eigenvalue weighted by Gasteiger charge is 2.17. The number of hydrogen-bond donors (Lipinski definition) is 0. The third-order valence-electron chi connectivity index (χ3n) is 1.83.